The standard InChI is InChI=1S/C14H16ClFN2/c1-8-5-13-12(6-11(8)16)17-14(9(2)15)18(13)7-10-3-4-10/h5-6,9-10H,3-4,7H2,1-2H3. The van der Waals surface area contributed by atoms with Crippen LogP contribution in [0.4, 0.5) is 4.39 Å². The molecule has 0 amide bonds. The quantitative estimate of drug-likeness (QED) is 0.762. The van der Waals surface area contributed by atoms with Gasteiger partial charge in [-0.05, 0) is 44.2 Å². The highest BCUT2D eigenvalue weighted by Crippen LogP contribution is 2.34. The van der Waals surface area contributed by atoms with Gasteiger partial charge in [0.25, 0.3) is 0 Å². The maximum absolute atomic E-state index is 13.6. The van der Waals surface area contributed by atoms with Gasteiger partial charge in [-0.1, -0.05) is 0 Å². The molecule has 2 nitrogen and oxygen atoms in total. The smallest absolute Gasteiger partial charge is 0.128 e. The molecule has 0 N–H and O–H groups in total. The fourth-order valence-electron chi connectivity index (χ4n) is 2.32. The van der Waals surface area contributed by atoms with Crippen LogP contribution in [0.5, 0.6) is 0 Å². The van der Waals surface area contributed by atoms with Crippen molar-refractivity contribution in [2.24, 2.45) is 5.92 Å². The Labute approximate surface area is 111 Å². The van der Waals surface area contributed by atoms with Crippen LogP contribution in [0.15, 0.2) is 12.1 Å². The lowest BCUT2D eigenvalue weighted by molar-refractivity contribution is 0.608. The summed E-state index contributed by atoms with van der Waals surface area (Å²) >= 11 is 6.19. The number of imidazole rings is 1. The number of benzene rings is 1. The Morgan fingerprint density at radius 3 is 2.83 bits per heavy atom. The first-order valence-corrected chi connectivity index (χ1v) is 6.80. The predicted octanol–water partition coefficient (Wildman–Crippen LogP) is 4.19. The number of rotatable bonds is 3. The predicted molar refractivity (Wildman–Crippen MR) is 71.4 cm³/mol. The Hall–Kier alpha value is -1.09. The summed E-state index contributed by atoms with van der Waals surface area (Å²) in [7, 11) is 0. The van der Waals surface area contributed by atoms with Crippen LogP contribution >= 0.6 is 11.6 Å². The second-order valence-electron chi connectivity index (χ2n) is 5.23. The van der Waals surface area contributed by atoms with Crippen molar-refractivity contribution in [3.8, 4) is 0 Å². The molecule has 18 heavy (non-hydrogen) atoms. The monoisotopic (exact) mass is 266 g/mol. The highest BCUT2D eigenvalue weighted by molar-refractivity contribution is 6.20. The Morgan fingerprint density at radius 1 is 1.50 bits per heavy atom. The summed E-state index contributed by atoms with van der Waals surface area (Å²) in [5.41, 5.74) is 2.37. The molecule has 0 saturated heterocycles. The molecule has 0 aliphatic heterocycles. The first kappa shape index (κ1) is 12.0. The Bertz CT molecular complexity index is 599. The summed E-state index contributed by atoms with van der Waals surface area (Å²) in [6.45, 7) is 4.65. The third-order valence-electron chi connectivity index (χ3n) is 3.55. The van der Waals surface area contributed by atoms with Gasteiger partial charge < -0.3 is 4.57 Å². The van der Waals surface area contributed by atoms with E-state index in [9.17, 15) is 4.39 Å². The van der Waals surface area contributed by atoms with Crippen LogP contribution in [0.3, 0.4) is 0 Å². The van der Waals surface area contributed by atoms with Crippen molar-refractivity contribution in [3.05, 3.63) is 29.3 Å². The number of halogens is 2. The molecule has 1 aliphatic rings. The molecule has 1 fully saturated rings. The summed E-state index contributed by atoms with van der Waals surface area (Å²) in [6, 6.07) is 3.39. The molecule has 4 heteroatoms. The van der Waals surface area contributed by atoms with Gasteiger partial charge in [-0.15, -0.1) is 11.6 Å². The van der Waals surface area contributed by atoms with Crippen molar-refractivity contribution >= 4 is 22.6 Å². The Balaban J connectivity index is 2.19. The zero-order valence-electron chi connectivity index (χ0n) is 10.6. The van der Waals surface area contributed by atoms with Crippen molar-refractivity contribution in [1.82, 2.24) is 9.55 Å². The van der Waals surface area contributed by atoms with Crippen molar-refractivity contribution in [2.45, 2.75) is 38.6 Å². The number of hydrogen-bond donors (Lipinski definition) is 0. The lowest BCUT2D eigenvalue weighted by atomic mass is 10.2. The average molecular weight is 267 g/mol. The van der Waals surface area contributed by atoms with E-state index in [1.54, 1.807) is 6.92 Å². The van der Waals surface area contributed by atoms with Crippen molar-refractivity contribution in [1.29, 1.82) is 0 Å². The van der Waals surface area contributed by atoms with Crippen LogP contribution in [0.2, 0.25) is 0 Å². The van der Waals surface area contributed by atoms with E-state index in [0.717, 1.165) is 23.8 Å². The van der Waals surface area contributed by atoms with Gasteiger partial charge in [0.2, 0.25) is 0 Å². The minimum absolute atomic E-state index is 0.153. The van der Waals surface area contributed by atoms with Crippen molar-refractivity contribution in [3.63, 3.8) is 0 Å². The first-order valence-electron chi connectivity index (χ1n) is 6.36. The van der Waals surface area contributed by atoms with Crippen LogP contribution in [0.25, 0.3) is 11.0 Å². The molecule has 0 radical (unpaired) electrons. The lowest BCUT2D eigenvalue weighted by Gasteiger charge is -2.09. The summed E-state index contributed by atoms with van der Waals surface area (Å²) < 4.78 is 15.7. The Kier molecular flexibility index (Phi) is 2.81. The summed E-state index contributed by atoms with van der Waals surface area (Å²) in [5.74, 6) is 1.39. The highest BCUT2D eigenvalue weighted by atomic mass is 35.5. The largest absolute Gasteiger partial charge is 0.326 e. The van der Waals surface area contributed by atoms with Gasteiger partial charge in [0, 0.05) is 12.6 Å². The molecule has 3 rings (SSSR count). The molecule has 1 heterocycles. The molecule has 0 bridgehead atoms. The van der Waals surface area contributed by atoms with Crippen molar-refractivity contribution < 1.29 is 4.39 Å². The Morgan fingerprint density at radius 2 is 2.22 bits per heavy atom. The zero-order chi connectivity index (χ0) is 12.9. The maximum atomic E-state index is 13.6. The minimum atomic E-state index is -0.202. The van der Waals surface area contributed by atoms with E-state index >= 15 is 0 Å². The molecule has 1 atom stereocenters. The third kappa shape index (κ3) is 2.01. The lowest BCUT2D eigenvalue weighted by Crippen LogP contribution is -2.06. The molecule has 1 aliphatic carbocycles. The summed E-state index contributed by atoms with van der Waals surface area (Å²) in [5, 5.41) is -0.153. The first-order chi connectivity index (χ1) is 8.56. The average Bonchev–Trinajstić information content (AvgIpc) is 3.05. The third-order valence-corrected chi connectivity index (χ3v) is 3.75. The number of fused-ring (bicyclic) bond motifs is 1. The number of nitrogens with zero attached hydrogens (tertiary/aromatic N) is 2. The van der Waals surface area contributed by atoms with E-state index in [1.165, 1.54) is 18.9 Å². The minimum Gasteiger partial charge on any atom is -0.326 e. The molecular weight excluding hydrogens is 251 g/mol. The zero-order valence-corrected chi connectivity index (χ0v) is 11.3. The normalized spacial score (nSPS) is 17.3. The van der Waals surface area contributed by atoms with Crippen LogP contribution in [-0.2, 0) is 6.54 Å². The van der Waals surface area contributed by atoms with Gasteiger partial charge in [-0.3, -0.25) is 0 Å². The molecule has 96 valence electrons. The topological polar surface area (TPSA) is 17.8 Å². The van der Waals surface area contributed by atoms with E-state index in [-0.39, 0.29) is 11.2 Å². The van der Waals surface area contributed by atoms with E-state index in [2.05, 4.69) is 9.55 Å². The van der Waals surface area contributed by atoms with E-state index in [4.69, 9.17) is 11.6 Å². The van der Waals surface area contributed by atoms with Gasteiger partial charge in [0.1, 0.15) is 11.6 Å². The number of alkyl halides is 1. The highest BCUT2D eigenvalue weighted by Gasteiger charge is 2.25. The van der Waals surface area contributed by atoms with Crippen LogP contribution < -0.4 is 0 Å². The summed E-state index contributed by atoms with van der Waals surface area (Å²) in [4.78, 5) is 4.49. The van der Waals surface area contributed by atoms with E-state index in [0.29, 0.717) is 11.1 Å². The number of aryl methyl sites for hydroxylation is 1. The maximum Gasteiger partial charge on any atom is 0.128 e. The second-order valence-corrected chi connectivity index (χ2v) is 5.88. The van der Waals surface area contributed by atoms with Crippen molar-refractivity contribution in [2.75, 3.05) is 0 Å². The molecule has 0 spiro atoms. The number of hydrogen-bond acceptors (Lipinski definition) is 1. The second kappa shape index (κ2) is 4.23. The van der Waals surface area contributed by atoms with Gasteiger partial charge in [-0.25, -0.2) is 9.37 Å². The molecule has 1 aromatic carbocycles. The molecule has 1 unspecified atom stereocenters. The van der Waals surface area contributed by atoms with Crippen LogP contribution in [-0.4, -0.2) is 9.55 Å². The molecule has 1 aromatic heterocycles. The van der Waals surface area contributed by atoms with Crippen LogP contribution in [0.1, 0.15) is 36.5 Å². The van der Waals surface area contributed by atoms with E-state index < -0.39 is 0 Å². The fraction of sp³-hybridized carbons (Fsp3) is 0.500. The van der Waals surface area contributed by atoms with Gasteiger partial charge in [0.15, 0.2) is 0 Å². The van der Waals surface area contributed by atoms with Gasteiger partial charge in [0.05, 0.1) is 16.4 Å². The SMILES string of the molecule is Cc1cc2c(cc1F)nc(C(C)Cl)n2CC1CC1. The summed E-state index contributed by atoms with van der Waals surface area (Å²) in [6.07, 6.45) is 2.55. The van der Waals surface area contributed by atoms with Gasteiger partial charge in [-0.2, -0.15) is 0 Å². The molecule has 2 aromatic rings. The molecule has 1 saturated carbocycles. The van der Waals surface area contributed by atoms with E-state index in [1.807, 2.05) is 13.0 Å². The molecular formula is C14H16ClFN2. The van der Waals surface area contributed by atoms with Crippen LogP contribution in [0, 0.1) is 18.7 Å². The number of aromatic nitrogens is 2. The fourth-order valence-corrected chi connectivity index (χ4v) is 2.49. The van der Waals surface area contributed by atoms with Gasteiger partial charge >= 0.3 is 0 Å².